The minimum atomic E-state index is 0.151. The minimum absolute atomic E-state index is 0.151. The van der Waals surface area contributed by atoms with Crippen molar-refractivity contribution in [3.8, 4) is 5.88 Å². The molecule has 0 radical (unpaired) electrons. The Kier molecular flexibility index (Phi) is 2.33. The minimum Gasteiger partial charge on any atom is -0.469 e. The highest BCUT2D eigenvalue weighted by atomic mass is 35.5. The molecule has 1 fully saturated rings. The Morgan fingerprint density at radius 1 is 1.37 bits per heavy atom. The summed E-state index contributed by atoms with van der Waals surface area (Å²) in [7, 11) is 0. The van der Waals surface area contributed by atoms with Crippen molar-refractivity contribution in [3.05, 3.63) is 29.5 Å². The van der Waals surface area contributed by atoms with Gasteiger partial charge in [-0.05, 0) is 18.2 Å². The summed E-state index contributed by atoms with van der Waals surface area (Å²) in [4.78, 5) is 4.51. The Balaban J connectivity index is 1.95. The Morgan fingerprint density at radius 2 is 2.26 bits per heavy atom. The molecule has 7 heteroatoms. The predicted octanol–water partition coefficient (Wildman–Crippen LogP) is 1.28. The average molecular weight is 276 g/mol. The van der Waals surface area contributed by atoms with Gasteiger partial charge >= 0.3 is 0 Å². The maximum absolute atomic E-state index is 6.02. The molecule has 0 atom stereocenters. The van der Waals surface area contributed by atoms with Gasteiger partial charge in [-0.1, -0.05) is 11.6 Å². The van der Waals surface area contributed by atoms with Gasteiger partial charge in [-0.15, -0.1) is 10.2 Å². The van der Waals surface area contributed by atoms with E-state index in [2.05, 4.69) is 20.5 Å². The summed E-state index contributed by atoms with van der Waals surface area (Å²) in [5.74, 6) is 0.513. The van der Waals surface area contributed by atoms with Crippen LogP contribution in [-0.4, -0.2) is 38.8 Å². The normalized spacial score (nSPS) is 15.8. The van der Waals surface area contributed by atoms with Crippen LogP contribution in [0.3, 0.4) is 0 Å². The van der Waals surface area contributed by atoms with Crippen molar-refractivity contribution < 1.29 is 4.74 Å². The summed E-state index contributed by atoms with van der Waals surface area (Å²) in [5, 5.41) is 11.8. The topological polar surface area (TPSA) is 64.3 Å². The first-order valence-corrected chi connectivity index (χ1v) is 6.35. The standard InChI is InChI=1S/C12H10ClN5O/c13-7-1-2-9-10(3-7)18-6-15-17-11(18)12(16-9)19-8-4-14-5-8/h1-3,6,8,14H,4-5H2. The Morgan fingerprint density at radius 3 is 3.05 bits per heavy atom. The SMILES string of the molecule is Clc1ccc2nc(OC3CNC3)c3nncn3c2c1. The largest absolute Gasteiger partial charge is 0.469 e. The molecule has 0 unspecified atom stereocenters. The van der Waals surface area contributed by atoms with Gasteiger partial charge in [-0.25, -0.2) is 4.98 Å². The van der Waals surface area contributed by atoms with Crippen molar-refractivity contribution in [2.24, 2.45) is 0 Å². The molecule has 1 aliphatic rings. The van der Waals surface area contributed by atoms with Crippen molar-refractivity contribution in [2.45, 2.75) is 6.10 Å². The summed E-state index contributed by atoms with van der Waals surface area (Å²) >= 11 is 6.02. The van der Waals surface area contributed by atoms with Crippen LogP contribution in [0.1, 0.15) is 0 Å². The van der Waals surface area contributed by atoms with Crippen LogP contribution in [0.5, 0.6) is 5.88 Å². The molecule has 2 aromatic heterocycles. The lowest BCUT2D eigenvalue weighted by molar-refractivity contribution is 0.138. The van der Waals surface area contributed by atoms with Crippen molar-refractivity contribution in [1.82, 2.24) is 24.9 Å². The number of nitrogens with zero attached hydrogens (tertiary/aromatic N) is 4. The number of halogens is 1. The Labute approximate surface area is 113 Å². The van der Waals surface area contributed by atoms with Crippen LogP contribution in [0, 0.1) is 0 Å². The summed E-state index contributed by atoms with van der Waals surface area (Å²) in [6.07, 6.45) is 1.79. The van der Waals surface area contributed by atoms with Gasteiger partial charge in [0.25, 0.3) is 5.88 Å². The molecule has 1 aromatic carbocycles. The first-order chi connectivity index (χ1) is 9.31. The summed E-state index contributed by atoms with van der Waals surface area (Å²) < 4.78 is 7.67. The third kappa shape index (κ3) is 1.72. The number of benzene rings is 1. The highest BCUT2D eigenvalue weighted by Crippen LogP contribution is 2.25. The smallest absolute Gasteiger partial charge is 0.261 e. The number of hydrogen-bond acceptors (Lipinski definition) is 5. The van der Waals surface area contributed by atoms with E-state index >= 15 is 0 Å². The molecule has 1 saturated heterocycles. The van der Waals surface area contributed by atoms with Gasteiger partial charge < -0.3 is 10.1 Å². The molecule has 96 valence electrons. The van der Waals surface area contributed by atoms with Crippen LogP contribution in [-0.2, 0) is 0 Å². The van der Waals surface area contributed by atoms with Gasteiger partial charge in [0.05, 0.1) is 11.0 Å². The van der Waals surface area contributed by atoms with Gasteiger partial charge in [-0.3, -0.25) is 4.40 Å². The lowest BCUT2D eigenvalue weighted by atomic mass is 10.2. The van der Waals surface area contributed by atoms with E-state index in [0.717, 1.165) is 24.1 Å². The van der Waals surface area contributed by atoms with Crippen molar-refractivity contribution in [2.75, 3.05) is 13.1 Å². The molecule has 1 aliphatic heterocycles. The zero-order valence-corrected chi connectivity index (χ0v) is 10.6. The third-order valence-corrected chi connectivity index (χ3v) is 3.42. The lowest BCUT2D eigenvalue weighted by Gasteiger charge is -2.27. The highest BCUT2D eigenvalue weighted by molar-refractivity contribution is 6.31. The summed E-state index contributed by atoms with van der Waals surface area (Å²) in [5.41, 5.74) is 2.28. The molecule has 4 rings (SSSR count). The van der Waals surface area contributed by atoms with Crippen LogP contribution < -0.4 is 10.1 Å². The molecule has 0 aliphatic carbocycles. The van der Waals surface area contributed by atoms with Crippen molar-refractivity contribution in [1.29, 1.82) is 0 Å². The zero-order chi connectivity index (χ0) is 12.8. The second kappa shape index (κ2) is 4.04. The lowest BCUT2D eigenvalue weighted by Crippen LogP contribution is -2.50. The summed E-state index contributed by atoms with van der Waals surface area (Å²) in [6.45, 7) is 1.67. The third-order valence-electron chi connectivity index (χ3n) is 3.18. The van der Waals surface area contributed by atoms with Gasteiger partial charge in [0.2, 0.25) is 5.65 Å². The molecular weight excluding hydrogens is 266 g/mol. The van der Waals surface area contributed by atoms with Crippen LogP contribution in [0.25, 0.3) is 16.7 Å². The van der Waals surface area contributed by atoms with Crippen molar-refractivity contribution >= 4 is 28.3 Å². The fraction of sp³-hybridized carbons (Fsp3) is 0.250. The predicted molar refractivity (Wildman–Crippen MR) is 70.6 cm³/mol. The first-order valence-electron chi connectivity index (χ1n) is 5.97. The number of nitrogens with one attached hydrogen (secondary N) is 1. The van der Waals surface area contributed by atoms with Gasteiger partial charge in [0.15, 0.2) is 0 Å². The van der Waals surface area contributed by atoms with E-state index in [1.165, 1.54) is 0 Å². The molecule has 19 heavy (non-hydrogen) atoms. The quantitative estimate of drug-likeness (QED) is 0.763. The fourth-order valence-corrected chi connectivity index (χ4v) is 2.25. The van der Waals surface area contributed by atoms with Crippen LogP contribution >= 0.6 is 11.6 Å². The average Bonchev–Trinajstić information content (AvgIpc) is 2.83. The molecule has 0 spiro atoms. The Hall–Kier alpha value is -1.92. The Bertz CT molecular complexity index is 767. The molecule has 1 N–H and O–H groups in total. The van der Waals surface area contributed by atoms with Crippen molar-refractivity contribution in [3.63, 3.8) is 0 Å². The number of aromatic nitrogens is 4. The van der Waals surface area contributed by atoms with Gasteiger partial charge in [0, 0.05) is 18.1 Å². The maximum atomic E-state index is 6.02. The monoisotopic (exact) mass is 275 g/mol. The molecule has 6 nitrogen and oxygen atoms in total. The second-order valence-corrected chi connectivity index (χ2v) is 4.91. The number of hydrogen-bond donors (Lipinski definition) is 1. The van der Waals surface area contributed by atoms with E-state index in [4.69, 9.17) is 16.3 Å². The molecule has 3 heterocycles. The highest BCUT2D eigenvalue weighted by Gasteiger charge is 2.21. The second-order valence-electron chi connectivity index (χ2n) is 4.47. The molecule has 0 amide bonds. The van der Waals surface area contributed by atoms with Gasteiger partial charge in [-0.2, -0.15) is 0 Å². The van der Waals surface area contributed by atoms with E-state index in [-0.39, 0.29) is 6.10 Å². The molecular formula is C12H10ClN5O. The van der Waals surface area contributed by atoms with Crippen LogP contribution in [0.4, 0.5) is 0 Å². The molecule has 3 aromatic rings. The van der Waals surface area contributed by atoms with E-state index in [0.29, 0.717) is 16.5 Å². The fourth-order valence-electron chi connectivity index (χ4n) is 2.08. The maximum Gasteiger partial charge on any atom is 0.261 e. The summed E-state index contributed by atoms with van der Waals surface area (Å²) in [6, 6.07) is 5.51. The van der Waals surface area contributed by atoms with E-state index in [9.17, 15) is 0 Å². The van der Waals surface area contributed by atoms with E-state index in [1.807, 2.05) is 22.6 Å². The van der Waals surface area contributed by atoms with E-state index < -0.39 is 0 Å². The zero-order valence-electron chi connectivity index (χ0n) is 9.88. The first kappa shape index (κ1) is 11.0. The van der Waals surface area contributed by atoms with Crippen LogP contribution in [0.15, 0.2) is 24.5 Å². The number of fused-ring (bicyclic) bond motifs is 3. The van der Waals surface area contributed by atoms with Crippen LogP contribution in [0.2, 0.25) is 5.02 Å². The molecule has 0 saturated carbocycles. The number of ether oxygens (including phenoxy) is 1. The van der Waals surface area contributed by atoms with Gasteiger partial charge in [0.1, 0.15) is 12.4 Å². The number of rotatable bonds is 2. The molecule has 0 bridgehead atoms. The van der Waals surface area contributed by atoms with E-state index in [1.54, 1.807) is 6.33 Å².